The first kappa shape index (κ1) is 110. The Labute approximate surface area is 762 Å². The number of likely N-dealkylation sites (N-methyl/N-ethyl adjacent to an activating group) is 1. The molecule has 10 amide bonds. The summed E-state index contributed by atoms with van der Waals surface area (Å²) in [6, 6.07) is 7.73. The number of nitrogens with zero attached hydrogens (tertiary/aromatic N) is 6. The van der Waals surface area contributed by atoms with E-state index < -0.39 is 124 Å². The Kier molecular flexibility index (Phi) is 52.6. The fourth-order valence-corrected chi connectivity index (χ4v) is 16.5. The Balaban J connectivity index is 0.000000462. The largest absolute Gasteiger partial charge is 0.391 e. The number of sulfone groups is 1. The number of para-hydroxylation sites is 1. The van der Waals surface area contributed by atoms with Crippen LogP contribution in [0.5, 0.6) is 0 Å². The lowest BCUT2D eigenvalue weighted by Crippen LogP contribution is -2.59. The van der Waals surface area contributed by atoms with Gasteiger partial charge in [0.05, 0.1) is 37.7 Å². The van der Waals surface area contributed by atoms with Crippen molar-refractivity contribution >= 4 is 109 Å². The summed E-state index contributed by atoms with van der Waals surface area (Å²) >= 11 is 0. The number of hydrogen-bond acceptors (Lipinski definition) is 24. The van der Waals surface area contributed by atoms with Crippen molar-refractivity contribution < 1.29 is 85.3 Å². The van der Waals surface area contributed by atoms with Gasteiger partial charge in [-0.3, -0.25) is 72.3 Å². The number of tetrazole rings is 1. The van der Waals surface area contributed by atoms with Crippen LogP contribution in [0, 0.1) is 5.92 Å². The Hall–Kier alpha value is -10.9. The van der Waals surface area contributed by atoms with Crippen LogP contribution in [-0.2, 0) is 101 Å². The third kappa shape index (κ3) is 44.6. The van der Waals surface area contributed by atoms with Crippen LogP contribution in [0.2, 0.25) is 0 Å². The number of aliphatic imine (C=N–C) groups is 2. The minimum Gasteiger partial charge on any atom is -0.391 e. The number of carbonyl (C=O) groups excluding carboxylic acids is 13. The van der Waals surface area contributed by atoms with Crippen LogP contribution in [0.3, 0.4) is 0 Å². The normalized spacial score (nSPS) is 18.8. The van der Waals surface area contributed by atoms with Crippen molar-refractivity contribution in [3.05, 3.63) is 77.7 Å². The first-order valence-electron chi connectivity index (χ1n) is 46.0. The molecule has 2 fully saturated rings. The van der Waals surface area contributed by atoms with Crippen molar-refractivity contribution in [1.29, 1.82) is 0 Å². The highest BCUT2D eigenvalue weighted by atomic mass is 32.2. The molecular formula is C89H144N22O18S. The number of fused-ring (bicyclic) bond motifs is 2. The highest BCUT2D eigenvalue weighted by molar-refractivity contribution is 7.92. The zero-order valence-corrected chi connectivity index (χ0v) is 77.0. The number of carbonyl (C=O) groups is 13. The number of hydrogen-bond donors (Lipinski definition) is 17. The zero-order chi connectivity index (χ0) is 95.0. The van der Waals surface area contributed by atoms with Gasteiger partial charge in [0.15, 0.2) is 33.4 Å². The first-order valence-corrected chi connectivity index (χ1v) is 47.8. The number of aliphatic hydroxyl groups is 1. The number of aromatic nitrogens is 5. The van der Waals surface area contributed by atoms with Crippen LogP contribution in [0.1, 0.15) is 237 Å². The second-order valence-corrected chi connectivity index (χ2v) is 35.6. The molecular weight excluding hydrogens is 1700 g/mol. The molecule has 40 nitrogen and oxygen atoms in total. The van der Waals surface area contributed by atoms with Gasteiger partial charge in [-0.1, -0.05) is 164 Å². The maximum absolute atomic E-state index is 14.4. The number of aryl methyl sites for hydroxylation is 1. The number of rotatable bonds is 53. The molecule has 130 heavy (non-hydrogen) atoms. The minimum absolute atomic E-state index is 0.0141. The zero-order valence-electron chi connectivity index (χ0n) is 76.2. The molecule has 2 aliphatic rings. The number of ether oxygens (including phenoxy) is 2. The van der Waals surface area contributed by atoms with E-state index in [0.717, 1.165) is 60.8 Å². The van der Waals surface area contributed by atoms with Gasteiger partial charge in [-0.05, 0) is 94.7 Å². The fraction of sp³-hybridized carbons (Fsp3) is 0.663. The topological polar surface area (TPSA) is 631 Å². The molecule has 0 radical (unpaired) electrons. The second-order valence-electron chi connectivity index (χ2n) is 33.4. The smallest absolute Gasteiger partial charge is 0.246 e. The van der Waals surface area contributed by atoms with Crippen molar-refractivity contribution in [3.8, 4) is 0 Å². The van der Waals surface area contributed by atoms with Gasteiger partial charge >= 0.3 is 0 Å². The predicted molar refractivity (Wildman–Crippen MR) is 491 cm³/mol. The number of aliphatic hydroxyl groups excluding tert-OH is 1. The number of guanidine groups is 2. The maximum Gasteiger partial charge on any atom is 0.246 e. The molecule has 724 valence electrons. The molecule has 2 aromatic heterocycles. The van der Waals surface area contributed by atoms with Crippen LogP contribution in [-0.4, -0.2) is 265 Å². The monoisotopic (exact) mass is 1840 g/mol. The van der Waals surface area contributed by atoms with Crippen molar-refractivity contribution in [3.63, 3.8) is 0 Å². The molecule has 22 N–H and O–H groups in total. The van der Waals surface area contributed by atoms with Crippen LogP contribution in [0.4, 0.5) is 0 Å². The highest BCUT2D eigenvalue weighted by Gasteiger charge is 2.42. The average Bonchev–Trinajstić information content (AvgIpc) is 1.68. The van der Waals surface area contributed by atoms with E-state index in [9.17, 15) is 75.9 Å². The van der Waals surface area contributed by atoms with E-state index in [4.69, 9.17) is 38.1 Å². The number of unbranched alkanes of at least 4 members (excludes halogenated alkanes) is 13. The van der Waals surface area contributed by atoms with Gasteiger partial charge in [-0.15, -0.1) is 10.2 Å². The van der Waals surface area contributed by atoms with Gasteiger partial charge < -0.3 is 101 Å². The van der Waals surface area contributed by atoms with E-state index in [0.29, 0.717) is 56.9 Å². The Morgan fingerprint density at radius 1 is 0.631 bits per heavy atom. The molecule has 6 rings (SSSR count). The van der Waals surface area contributed by atoms with Crippen LogP contribution in [0.15, 0.2) is 70.8 Å². The summed E-state index contributed by atoms with van der Waals surface area (Å²) in [6.07, 6.45) is 22.0. The lowest BCUT2D eigenvalue weighted by molar-refractivity contribution is -0.142. The number of benzene rings is 2. The summed E-state index contributed by atoms with van der Waals surface area (Å²) in [7, 11) is -2.15. The molecule has 0 saturated carbocycles. The predicted octanol–water partition coefficient (Wildman–Crippen LogP) is 1.97. The van der Waals surface area contributed by atoms with E-state index in [-0.39, 0.29) is 182 Å². The van der Waals surface area contributed by atoms with Crippen molar-refractivity contribution in [1.82, 2.24) is 78.4 Å². The third-order valence-corrected chi connectivity index (χ3v) is 24.1. The number of amides is 10. The molecule has 0 bridgehead atoms. The van der Waals surface area contributed by atoms with Gasteiger partial charge in [0, 0.05) is 114 Å². The van der Waals surface area contributed by atoms with Crippen molar-refractivity contribution in [2.45, 2.75) is 294 Å². The Bertz CT molecular complexity index is 4320. The molecule has 4 heterocycles. The van der Waals surface area contributed by atoms with Crippen LogP contribution < -0.4 is 76.5 Å². The Morgan fingerprint density at radius 3 is 1.89 bits per heavy atom. The maximum atomic E-state index is 14.4. The SMILES string of the molecule is CC(=O)[C@@H]1CCCCCC(=O)CC[C@H](C)C(=O)N2C[C@H](O)C[C@H]2C(=O)N[C@H](Cc2ccccc2)C(=O)N[C@@H](CCCN=C(N)N)C(=O)N[C@@H](Cc2c[nH]c3ccccc23)C(=O)N1.CCCC[C@H](NC(=O)[C@H](CN)NC(=O)[C@H](CCCN=C(N)N)NC(=O)COCCOCCNC(=O)CCCS(=O)(=O)CC(=O)CCCCCCCCCCCCCCCc1nn[nH]n1)C(=O)NC. The van der Waals surface area contributed by atoms with E-state index in [1.54, 1.807) is 43.5 Å². The molecule has 4 aromatic rings. The van der Waals surface area contributed by atoms with E-state index in [2.05, 4.69) is 83.4 Å². The van der Waals surface area contributed by atoms with Gasteiger partial charge in [0.2, 0.25) is 59.1 Å². The summed E-state index contributed by atoms with van der Waals surface area (Å²) in [5.74, 6) is -7.16. The van der Waals surface area contributed by atoms with E-state index in [1.807, 2.05) is 31.2 Å². The van der Waals surface area contributed by atoms with Gasteiger partial charge in [0.1, 0.15) is 66.2 Å². The van der Waals surface area contributed by atoms with Gasteiger partial charge in [0.25, 0.3) is 0 Å². The summed E-state index contributed by atoms with van der Waals surface area (Å²) in [6.45, 7) is 4.99. The number of ketones is 3. The number of H-pyrrole nitrogens is 2. The van der Waals surface area contributed by atoms with Gasteiger partial charge in [-0.2, -0.15) is 5.21 Å². The molecule has 0 spiro atoms. The first-order chi connectivity index (χ1) is 62.4. The lowest BCUT2D eigenvalue weighted by atomic mass is 9.98. The summed E-state index contributed by atoms with van der Waals surface area (Å²) in [5.41, 5.74) is 29.9. The standard InChI is InChI=1S/C45H61N9O8.C44H83N13O10S/c1-27-19-20-31(56)14-7-4-8-16-34(28(2)55)50-42(60)38(23-30-25-49-35-17-10-9-15-33(30)35)52-40(58)36(18-11-21-48-45(46)47)51-41(59)37(22-29-12-5-3-6-13-29)53-43(61)39-24-32(57)26-54(39)44(27)62;1-3-4-21-35(41(61)48-2)52-43(63)37(31-45)53-42(62)36(22-18-25-50-44(46)47)51-40(60)32-67-29-28-66-27-26-49-39(59)24-19-30-68(64,65)33-34(58)20-16-14-12-10-8-6-5-7-9-11-13-15-17-23-38-54-56-57-55-38/h3,5-6,9-10,12-13,15,17,25,27,32,34,36-39,49,57H,4,7-8,11,14,16,18-24,26H2,1-2H3,(H,50,60)(H,51,59)(H,52,58)(H,53,61)(H4,46,47,48);35-37H,3-33,45H2,1-2H3,(H,48,61)(H,49,59)(H,51,60)(H,52,63)(H,53,62)(H4,46,47,50)(H,54,55,56,57)/t27-,32+,34-,36-,37+,38-,39-;35-,36-,37-/m00/s1. The molecule has 41 heteroatoms. The summed E-state index contributed by atoms with van der Waals surface area (Å²) in [4.78, 5) is 185. The number of nitrogens with one attached hydrogen (secondary N) is 11. The summed E-state index contributed by atoms with van der Waals surface area (Å²) in [5, 5.41) is 49.7. The van der Waals surface area contributed by atoms with Gasteiger partial charge in [-0.25, -0.2) is 8.42 Å². The molecule has 2 aromatic carbocycles. The quantitative estimate of drug-likeness (QED) is 0.0171. The molecule has 2 saturated heterocycles. The number of nitrogens with two attached hydrogens (primary N) is 5. The Morgan fingerprint density at radius 2 is 1.23 bits per heavy atom. The number of aromatic amines is 2. The van der Waals surface area contributed by atoms with E-state index in [1.165, 1.54) is 70.2 Å². The molecule has 10 atom stereocenters. The van der Waals surface area contributed by atoms with E-state index >= 15 is 0 Å². The average molecular weight is 1840 g/mol. The number of Topliss-reactive ketones (excluding diaryl/α,β-unsaturated/α-hetero) is 3. The van der Waals surface area contributed by atoms with Crippen LogP contribution in [0.25, 0.3) is 10.9 Å². The fourth-order valence-electron chi connectivity index (χ4n) is 15.1. The third-order valence-electron chi connectivity index (χ3n) is 22.5. The molecule has 0 unspecified atom stereocenters. The molecule has 0 aliphatic carbocycles. The lowest BCUT2D eigenvalue weighted by Gasteiger charge is -2.29. The molecule has 2 aliphatic heterocycles. The minimum atomic E-state index is -3.61. The van der Waals surface area contributed by atoms with Crippen molar-refractivity contribution in [2.75, 3.05) is 77.7 Å². The second kappa shape index (κ2) is 62.4. The van der Waals surface area contributed by atoms with Crippen molar-refractivity contribution in [2.24, 2.45) is 44.6 Å². The van der Waals surface area contributed by atoms with Crippen LogP contribution >= 0.6 is 0 Å². The summed E-state index contributed by atoms with van der Waals surface area (Å²) < 4.78 is 35.8. The highest BCUT2D eigenvalue weighted by Crippen LogP contribution is 2.25.